The van der Waals surface area contributed by atoms with Crippen LogP contribution >= 0.6 is 23.5 Å². The highest BCUT2D eigenvalue weighted by Gasteiger charge is 2.49. The Kier molecular flexibility index (Phi) is 5.09. The van der Waals surface area contributed by atoms with Crippen molar-refractivity contribution in [2.24, 2.45) is 17.3 Å². The van der Waals surface area contributed by atoms with Gasteiger partial charge >= 0.3 is 5.97 Å². The lowest BCUT2D eigenvalue weighted by Crippen LogP contribution is -2.37. The third-order valence-electron chi connectivity index (χ3n) is 5.38. The van der Waals surface area contributed by atoms with Gasteiger partial charge in [-0.15, -0.1) is 23.5 Å². The zero-order valence-electron chi connectivity index (χ0n) is 14.4. The van der Waals surface area contributed by atoms with Gasteiger partial charge in [0.15, 0.2) is 0 Å². The number of Topliss-reactive ketones (excluding diaryl/α,β-unsaturated/α-hetero) is 1. The van der Waals surface area contributed by atoms with E-state index in [1.54, 1.807) is 0 Å². The minimum Gasteiger partial charge on any atom is -0.462 e. The summed E-state index contributed by atoms with van der Waals surface area (Å²) in [5, 5.41) is 0. The molecule has 0 amide bonds. The summed E-state index contributed by atoms with van der Waals surface area (Å²) in [4.78, 5) is 24.9. The molecule has 1 spiro atoms. The van der Waals surface area contributed by atoms with Gasteiger partial charge in [0, 0.05) is 29.8 Å². The topological polar surface area (TPSA) is 43.4 Å². The van der Waals surface area contributed by atoms with Gasteiger partial charge in [0.05, 0.1) is 9.49 Å². The summed E-state index contributed by atoms with van der Waals surface area (Å²) in [7, 11) is 0. The van der Waals surface area contributed by atoms with E-state index in [0.29, 0.717) is 12.2 Å². The van der Waals surface area contributed by atoms with Crippen molar-refractivity contribution in [2.75, 3.05) is 11.5 Å². The molecule has 2 saturated carbocycles. The van der Waals surface area contributed by atoms with Crippen LogP contribution in [0.5, 0.6) is 0 Å². The van der Waals surface area contributed by atoms with E-state index in [0.717, 1.165) is 32.1 Å². The summed E-state index contributed by atoms with van der Waals surface area (Å²) in [5.74, 6) is 3.05. The average molecular weight is 357 g/mol. The minimum atomic E-state index is -0.474. The van der Waals surface area contributed by atoms with Gasteiger partial charge in [0.25, 0.3) is 0 Å². The molecule has 23 heavy (non-hydrogen) atoms. The number of carbonyl (C=O) groups excluding carboxylic acids is 2. The van der Waals surface area contributed by atoms with Crippen LogP contribution < -0.4 is 0 Å². The molecule has 130 valence electrons. The van der Waals surface area contributed by atoms with Crippen molar-refractivity contribution in [3.63, 3.8) is 0 Å². The fourth-order valence-electron chi connectivity index (χ4n) is 4.10. The molecule has 0 unspecified atom stereocenters. The van der Waals surface area contributed by atoms with E-state index < -0.39 is 5.41 Å². The molecule has 0 radical (unpaired) electrons. The van der Waals surface area contributed by atoms with Gasteiger partial charge in [-0.2, -0.15) is 0 Å². The summed E-state index contributed by atoms with van der Waals surface area (Å²) in [6.45, 7) is 5.69. The Hall–Kier alpha value is -0.160. The number of carbonyl (C=O) groups is 2. The number of thioether (sulfide) groups is 2. The van der Waals surface area contributed by atoms with Crippen molar-refractivity contribution < 1.29 is 14.3 Å². The van der Waals surface area contributed by atoms with Crippen LogP contribution in [0.2, 0.25) is 0 Å². The third-order valence-corrected chi connectivity index (χ3v) is 8.96. The quantitative estimate of drug-likeness (QED) is 0.656. The number of esters is 1. The van der Waals surface area contributed by atoms with Crippen LogP contribution in [0.4, 0.5) is 0 Å². The molecule has 5 heteroatoms. The van der Waals surface area contributed by atoms with Crippen LogP contribution in [0, 0.1) is 17.3 Å². The Balaban J connectivity index is 1.78. The predicted octanol–water partition coefficient (Wildman–Crippen LogP) is 4.29. The fourth-order valence-corrected chi connectivity index (χ4v) is 7.54. The number of hydrogen-bond donors (Lipinski definition) is 0. The number of ether oxygens (including phenoxy) is 1. The van der Waals surface area contributed by atoms with E-state index in [-0.39, 0.29) is 28.0 Å². The highest BCUT2D eigenvalue weighted by molar-refractivity contribution is 8.21. The first-order valence-corrected chi connectivity index (χ1v) is 10.8. The van der Waals surface area contributed by atoms with E-state index in [4.69, 9.17) is 4.74 Å². The number of ketones is 1. The lowest BCUT2D eigenvalue weighted by Gasteiger charge is -2.37. The summed E-state index contributed by atoms with van der Waals surface area (Å²) >= 11 is 4.15. The Morgan fingerprint density at radius 2 is 1.91 bits per heavy atom. The minimum absolute atomic E-state index is 0.0625. The molecule has 1 saturated heterocycles. The second-order valence-electron chi connectivity index (χ2n) is 8.17. The lowest BCUT2D eigenvalue weighted by atomic mass is 9.82. The average Bonchev–Trinajstić information content (AvgIpc) is 3.05. The molecule has 3 nitrogen and oxygen atoms in total. The highest BCUT2D eigenvalue weighted by Crippen LogP contribution is 2.55. The molecule has 3 rings (SSSR count). The molecular weight excluding hydrogens is 328 g/mol. The van der Waals surface area contributed by atoms with E-state index in [1.165, 1.54) is 11.5 Å². The summed E-state index contributed by atoms with van der Waals surface area (Å²) < 4.78 is 6.15. The van der Waals surface area contributed by atoms with Crippen molar-refractivity contribution in [2.45, 2.75) is 69.5 Å². The van der Waals surface area contributed by atoms with Crippen molar-refractivity contribution in [3.05, 3.63) is 0 Å². The van der Waals surface area contributed by atoms with E-state index >= 15 is 0 Å². The Morgan fingerprint density at radius 3 is 2.57 bits per heavy atom. The van der Waals surface area contributed by atoms with Gasteiger partial charge in [-0.05, 0) is 52.9 Å². The molecular formula is C18H28O3S2. The monoisotopic (exact) mass is 356 g/mol. The zero-order chi connectivity index (χ0) is 16.7. The van der Waals surface area contributed by atoms with Crippen LogP contribution in [0.3, 0.4) is 0 Å². The van der Waals surface area contributed by atoms with E-state index in [9.17, 15) is 9.59 Å². The van der Waals surface area contributed by atoms with Crippen LogP contribution in [0.15, 0.2) is 0 Å². The van der Waals surface area contributed by atoms with Crippen LogP contribution in [0.1, 0.15) is 59.3 Å². The molecule has 0 aromatic heterocycles. The Bertz CT molecular complexity index is 477. The Morgan fingerprint density at radius 1 is 1.22 bits per heavy atom. The first-order valence-electron chi connectivity index (χ1n) is 8.82. The SMILES string of the molecule is CC(C)(C)C(=O)O[C@@H]1CC[C@@H]2C(=O)CCCC3(C[C@@H]21)SCCS3. The number of hydrogen-bond acceptors (Lipinski definition) is 5. The molecule has 2 aliphatic carbocycles. The zero-order valence-corrected chi connectivity index (χ0v) is 16.1. The lowest BCUT2D eigenvalue weighted by molar-refractivity contribution is -0.161. The van der Waals surface area contributed by atoms with Crippen LogP contribution in [-0.4, -0.2) is 33.4 Å². The summed E-state index contributed by atoms with van der Waals surface area (Å²) in [6.07, 6.45) is 5.58. The van der Waals surface area contributed by atoms with Gasteiger partial charge in [0.2, 0.25) is 0 Å². The fraction of sp³-hybridized carbons (Fsp3) is 0.889. The first-order chi connectivity index (χ1) is 10.8. The second kappa shape index (κ2) is 6.62. The van der Waals surface area contributed by atoms with Crippen molar-refractivity contribution in [1.29, 1.82) is 0 Å². The third kappa shape index (κ3) is 3.76. The van der Waals surface area contributed by atoms with E-state index in [2.05, 4.69) is 23.5 Å². The second-order valence-corrected chi connectivity index (χ2v) is 11.4. The smallest absolute Gasteiger partial charge is 0.311 e. The molecule has 0 aromatic rings. The van der Waals surface area contributed by atoms with Gasteiger partial charge in [-0.1, -0.05) is 0 Å². The highest BCUT2D eigenvalue weighted by atomic mass is 32.2. The maximum atomic E-state index is 12.5. The molecule has 0 bridgehead atoms. The van der Waals surface area contributed by atoms with E-state index in [1.807, 2.05) is 20.8 Å². The van der Waals surface area contributed by atoms with Crippen molar-refractivity contribution in [1.82, 2.24) is 0 Å². The molecule has 1 heterocycles. The molecule has 3 fully saturated rings. The van der Waals surface area contributed by atoms with Crippen LogP contribution in [-0.2, 0) is 14.3 Å². The molecule has 0 N–H and O–H groups in total. The van der Waals surface area contributed by atoms with Crippen LogP contribution in [0.25, 0.3) is 0 Å². The maximum Gasteiger partial charge on any atom is 0.311 e. The molecule has 1 aliphatic heterocycles. The largest absolute Gasteiger partial charge is 0.462 e. The molecule has 3 atom stereocenters. The maximum absolute atomic E-state index is 12.5. The van der Waals surface area contributed by atoms with Crippen molar-refractivity contribution >= 4 is 35.3 Å². The predicted molar refractivity (Wildman–Crippen MR) is 96.7 cm³/mol. The Labute approximate surface area is 148 Å². The number of fused-ring (bicyclic) bond motifs is 1. The summed E-state index contributed by atoms with van der Waals surface area (Å²) in [6, 6.07) is 0. The van der Waals surface area contributed by atoms with Gasteiger partial charge in [0.1, 0.15) is 11.9 Å². The van der Waals surface area contributed by atoms with Crippen molar-refractivity contribution in [3.8, 4) is 0 Å². The van der Waals surface area contributed by atoms with Gasteiger partial charge in [-0.25, -0.2) is 0 Å². The molecule has 0 aromatic carbocycles. The summed E-state index contributed by atoms with van der Waals surface area (Å²) in [5.41, 5.74) is -0.474. The first kappa shape index (κ1) is 17.7. The standard InChI is InChI=1S/C18H28O3S2/c1-17(2,3)16(20)21-15-7-6-12-13(15)11-18(22-9-10-23-18)8-4-5-14(12)19/h12-13,15H,4-11H2,1-3H3/t12-,13-,15+/m0/s1. The van der Waals surface area contributed by atoms with Gasteiger partial charge < -0.3 is 4.74 Å². The normalized spacial score (nSPS) is 34.0. The number of rotatable bonds is 1. The van der Waals surface area contributed by atoms with Gasteiger partial charge in [-0.3, -0.25) is 9.59 Å². The molecule has 3 aliphatic rings.